The van der Waals surface area contributed by atoms with Gasteiger partial charge in [-0.25, -0.2) is 0 Å². The van der Waals surface area contributed by atoms with Crippen LogP contribution < -0.4 is 5.73 Å². The van der Waals surface area contributed by atoms with Gasteiger partial charge in [-0.05, 0) is 18.1 Å². The Hall–Kier alpha value is -1.38. The first-order chi connectivity index (χ1) is 4.83. The fraction of sp³-hybridized carbons (Fsp3) is 0.143. The van der Waals surface area contributed by atoms with Gasteiger partial charge in [0.1, 0.15) is 5.82 Å². The monoisotopic (exact) mass is 135 g/mol. The molecule has 2 N–H and O–H groups in total. The summed E-state index contributed by atoms with van der Waals surface area (Å²) in [5.74, 6) is 0.458. The molecule has 0 fully saturated rings. The molecule has 0 saturated heterocycles. The fourth-order valence-corrected chi connectivity index (χ4v) is 0.704. The molecule has 0 aromatic carbocycles. The first kappa shape index (κ1) is 6.74. The van der Waals surface area contributed by atoms with E-state index in [1.54, 1.807) is 18.3 Å². The molecule has 1 heterocycles. The van der Waals surface area contributed by atoms with E-state index < -0.39 is 0 Å². The standard InChI is InChI=1S/C7H9N3/c1-2-3-6-4-7(8)10-9-5-6/h2,4-5H,1,3H2,(H2,8,10). The van der Waals surface area contributed by atoms with Crippen LogP contribution in [0.5, 0.6) is 0 Å². The zero-order chi connectivity index (χ0) is 7.40. The van der Waals surface area contributed by atoms with Crippen molar-refractivity contribution >= 4 is 5.82 Å². The molecule has 10 heavy (non-hydrogen) atoms. The molecule has 0 amide bonds. The second-order valence-corrected chi connectivity index (χ2v) is 1.98. The van der Waals surface area contributed by atoms with E-state index >= 15 is 0 Å². The van der Waals surface area contributed by atoms with E-state index in [4.69, 9.17) is 5.73 Å². The van der Waals surface area contributed by atoms with Gasteiger partial charge in [-0.3, -0.25) is 0 Å². The molecule has 3 heteroatoms. The van der Waals surface area contributed by atoms with Gasteiger partial charge in [0, 0.05) is 0 Å². The number of nitrogens with two attached hydrogens (primary N) is 1. The minimum absolute atomic E-state index is 0.458. The summed E-state index contributed by atoms with van der Waals surface area (Å²) in [4.78, 5) is 0. The third kappa shape index (κ3) is 1.55. The Morgan fingerprint density at radius 3 is 3.10 bits per heavy atom. The number of hydrogen-bond acceptors (Lipinski definition) is 3. The largest absolute Gasteiger partial charge is 0.382 e. The van der Waals surface area contributed by atoms with Crippen molar-refractivity contribution in [2.24, 2.45) is 0 Å². The van der Waals surface area contributed by atoms with Crippen molar-refractivity contribution in [2.45, 2.75) is 6.42 Å². The van der Waals surface area contributed by atoms with Gasteiger partial charge in [0.2, 0.25) is 0 Å². The number of hydrogen-bond donors (Lipinski definition) is 1. The van der Waals surface area contributed by atoms with Crippen LogP contribution in [-0.2, 0) is 6.42 Å². The molecule has 0 aliphatic carbocycles. The summed E-state index contributed by atoms with van der Waals surface area (Å²) in [5.41, 5.74) is 6.42. The maximum atomic E-state index is 5.38. The summed E-state index contributed by atoms with van der Waals surface area (Å²) >= 11 is 0. The van der Waals surface area contributed by atoms with E-state index in [0.29, 0.717) is 5.82 Å². The van der Waals surface area contributed by atoms with Crippen LogP contribution >= 0.6 is 0 Å². The van der Waals surface area contributed by atoms with E-state index in [2.05, 4.69) is 16.8 Å². The van der Waals surface area contributed by atoms with Gasteiger partial charge < -0.3 is 5.73 Å². The maximum absolute atomic E-state index is 5.38. The second kappa shape index (κ2) is 2.96. The lowest BCUT2D eigenvalue weighted by atomic mass is 10.2. The smallest absolute Gasteiger partial charge is 0.146 e. The van der Waals surface area contributed by atoms with Crippen LogP contribution in [0.2, 0.25) is 0 Å². The SMILES string of the molecule is C=CCc1cnnc(N)c1. The number of rotatable bonds is 2. The molecule has 0 unspecified atom stereocenters. The highest BCUT2D eigenvalue weighted by atomic mass is 15.1. The molecule has 0 aliphatic heterocycles. The van der Waals surface area contributed by atoms with Crippen molar-refractivity contribution in [3.05, 3.63) is 30.5 Å². The van der Waals surface area contributed by atoms with Crippen molar-refractivity contribution < 1.29 is 0 Å². The summed E-state index contributed by atoms with van der Waals surface area (Å²) in [6.07, 6.45) is 4.27. The minimum atomic E-state index is 0.458. The Balaban J connectivity index is 2.84. The van der Waals surface area contributed by atoms with E-state index in [0.717, 1.165) is 12.0 Å². The van der Waals surface area contributed by atoms with Crippen molar-refractivity contribution in [1.29, 1.82) is 0 Å². The lowest BCUT2D eigenvalue weighted by Crippen LogP contribution is -1.94. The third-order valence-electron chi connectivity index (χ3n) is 1.11. The summed E-state index contributed by atoms with van der Waals surface area (Å²) in [6.45, 7) is 3.60. The predicted molar refractivity (Wildman–Crippen MR) is 40.3 cm³/mol. The quantitative estimate of drug-likeness (QED) is 0.610. The van der Waals surface area contributed by atoms with Crippen LogP contribution in [0.1, 0.15) is 5.56 Å². The molecule has 1 rings (SSSR count). The summed E-state index contributed by atoms with van der Waals surface area (Å²) in [5, 5.41) is 7.30. The van der Waals surface area contributed by atoms with Crippen LogP contribution in [-0.4, -0.2) is 10.2 Å². The van der Waals surface area contributed by atoms with Crippen molar-refractivity contribution in [1.82, 2.24) is 10.2 Å². The molecule has 0 saturated carbocycles. The second-order valence-electron chi connectivity index (χ2n) is 1.98. The number of anilines is 1. The highest BCUT2D eigenvalue weighted by Gasteiger charge is 1.90. The third-order valence-corrected chi connectivity index (χ3v) is 1.11. The first-order valence-corrected chi connectivity index (χ1v) is 3.01. The summed E-state index contributed by atoms with van der Waals surface area (Å²) < 4.78 is 0. The Morgan fingerprint density at radius 1 is 1.70 bits per heavy atom. The van der Waals surface area contributed by atoms with Crippen LogP contribution in [0.25, 0.3) is 0 Å². The zero-order valence-electron chi connectivity index (χ0n) is 5.62. The molecule has 1 aromatic heterocycles. The predicted octanol–water partition coefficient (Wildman–Crippen LogP) is 0.787. The van der Waals surface area contributed by atoms with Gasteiger partial charge >= 0.3 is 0 Å². The molecular weight excluding hydrogens is 126 g/mol. The topological polar surface area (TPSA) is 51.8 Å². The highest BCUT2D eigenvalue weighted by Crippen LogP contribution is 2.00. The Morgan fingerprint density at radius 2 is 2.50 bits per heavy atom. The zero-order valence-corrected chi connectivity index (χ0v) is 5.62. The number of nitrogens with zero attached hydrogens (tertiary/aromatic N) is 2. The number of allylic oxidation sites excluding steroid dienone is 1. The van der Waals surface area contributed by atoms with E-state index in [1.807, 2.05) is 0 Å². The van der Waals surface area contributed by atoms with Crippen LogP contribution in [0.15, 0.2) is 24.9 Å². The lowest BCUT2D eigenvalue weighted by molar-refractivity contribution is 1.01. The molecule has 0 aliphatic rings. The minimum Gasteiger partial charge on any atom is -0.382 e. The molecule has 3 nitrogen and oxygen atoms in total. The normalized spacial score (nSPS) is 9.20. The average molecular weight is 135 g/mol. The fourth-order valence-electron chi connectivity index (χ4n) is 0.704. The summed E-state index contributed by atoms with van der Waals surface area (Å²) in [6, 6.07) is 1.79. The molecule has 0 spiro atoms. The summed E-state index contributed by atoms with van der Waals surface area (Å²) in [7, 11) is 0. The first-order valence-electron chi connectivity index (χ1n) is 3.01. The Kier molecular flexibility index (Phi) is 1.99. The van der Waals surface area contributed by atoms with Crippen LogP contribution in [0.3, 0.4) is 0 Å². The van der Waals surface area contributed by atoms with E-state index in [9.17, 15) is 0 Å². The van der Waals surface area contributed by atoms with Gasteiger partial charge in [-0.15, -0.1) is 11.7 Å². The van der Waals surface area contributed by atoms with Gasteiger partial charge in [0.05, 0.1) is 6.20 Å². The van der Waals surface area contributed by atoms with Gasteiger partial charge in [-0.2, -0.15) is 5.10 Å². The number of aromatic nitrogens is 2. The van der Waals surface area contributed by atoms with Crippen molar-refractivity contribution in [2.75, 3.05) is 5.73 Å². The molecule has 0 radical (unpaired) electrons. The molecule has 0 bridgehead atoms. The van der Waals surface area contributed by atoms with Crippen LogP contribution in [0.4, 0.5) is 5.82 Å². The maximum Gasteiger partial charge on any atom is 0.146 e. The van der Waals surface area contributed by atoms with Gasteiger partial charge in [0.15, 0.2) is 0 Å². The van der Waals surface area contributed by atoms with Crippen LogP contribution in [0, 0.1) is 0 Å². The molecule has 52 valence electrons. The molecule has 1 aromatic rings. The van der Waals surface area contributed by atoms with Gasteiger partial charge in [-0.1, -0.05) is 6.08 Å². The van der Waals surface area contributed by atoms with Crippen molar-refractivity contribution in [3.8, 4) is 0 Å². The van der Waals surface area contributed by atoms with Crippen molar-refractivity contribution in [3.63, 3.8) is 0 Å². The molecular formula is C7H9N3. The Bertz CT molecular complexity index is 232. The van der Waals surface area contributed by atoms with Gasteiger partial charge in [0.25, 0.3) is 0 Å². The Labute approximate surface area is 59.6 Å². The lowest BCUT2D eigenvalue weighted by Gasteiger charge is -1.94. The number of nitrogen functional groups attached to an aromatic ring is 1. The van der Waals surface area contributed by atoms with E-state index in [-0.39, 0.29) is 0 Å². The molecule has 0 atom stereocenters. The van der Waals surface area contributed by atoms with E-state index in [1.165, 1.54) is 0 Å². The average Bonchev–Trinajstić information content (AvgIpc) is 1.88. The highest BCUT2D eigenvalue weighted by molar-refractivity contribution is 5.29.